The van der Waals surface area contributed by atoms with E-state index in [2.05, 4.69) is 15.0 Å². The molecule has 3 rings (SSSR count). The lowest BCUT2D eigenvalue weighted by atomic mass is 10.1. The topological polar surface area (TPSA) is 62.5 Å². The summed E-state index contributed by atoms with van der Waals surface area (Å²) >= 11 is 0. The van der Waals surface area contributed by atoms with E-state index in [4.69, 9.17) is 4.52 Å². The SMILES string of the molecule is CCc1noc(C)c1C(=O)N1CCN(Cc2ccccn2)CC1. The van der Waals surface area contributed by atoms with Crippen molar-refractivity contribution in [2.45, 2.75) is 26.8 Å². The summed E-state index contributed by atoms with van der Waals surface area (Å²) in [7, 11) is 0. The van der Waals surface area contributed by atoms with Crippen LogP contribution in [0.3, 0.4) is 0 Å². The lowest BCUT2D eigenvalue weighted by molar-refractivity contribution is 0.0624. The Morgan fingerprint density at radius 2 is 2.04 bits per heavy atom. The van der Waals surface area contributed by atoms with Crippen LogP contribution in [0.1, 0.15) is 34.4 Å². The molecule has 122 valence electrons. The molecule has 0 saturated carbocycles. The summed E-state index contributed by atoms with van der Waals surface area (Å²) in [6, 6.07) is 5.96. The van der Waals surface area contributed by atoms with Gasteiger partial charge in [0.05, 0.1) is 11.4 Å². The van der Waals surface area contributed by atoms with Crippen LogP contribution in [0.25, 0.3) is 0 Å². The van der Waals surface area contributed by atoms with Gasteiger partial charge in [-0.15, -0.1) is 0 Å². The van der Waals surface area contributed by atoms with E-state index in [1.54, 1.807) is 6.92 Å². The summed E-state index contributed by atoms with van der Waals surface area (Å²) in [6.45, 7) is 7.77. The van der Waals surface area contributed by atoms with Gasteiger partial charge in [-0.2, -0.15) is 0 Å². The van der Waals surface area contributed by atoms with Crippen molar-refractivity contribution in [3.05, 3.63) is 47.1 Å². The number of carbonyl (C=O) groups is 1. The largest absolute Gasteiger partial charge is 0.361 e. The minimum Gasteiger partial charge on any atom is -0.361 e. The van der Waals surface area contributed by atoms with Crippen molar-refractivity contribution < 1.29 is 9.32 Å². The van der Waals surface area contributed by atoms with Crippen molar-refractivity contribution in [1.29, 1.82) is 0 Å². The Kier molecular flexibility index (Phi) is 4.71. The van der Waals surface area contributed by atoms with E-state index in [9.17, 15) is 4.79 Å². The van der Waals surface area contributed by atoms with E-state index in [1.165, 1.54) is 0 Å². The van der Waals surface area contributed by atoms with Gasteiger partial charge in [-0.1, -0.05) is 18.1 Å². The third-order valence-corrected chi connectivity index (χ3v) is 4.25. The van der Waals surface area contributed by atoms with Crippen LogP contribution in [-0.2, 0) is 13.0 Å². The number of piperazine rings is 1. The molecule has 6 nitrogen and oxygen atoms in total. The molecular formula is C17H22N4O2. The van der Waals surface area contributed by atoms with Gasteiger partial charge in [-0.25, -0.2) is 0 Å². The molecule has 0 radical (unpaired) electrons. The molecule has 0 aromatic carbocycles. The van der Waals surface area contributed by atoms with Gasteiger partial charge in [-0.05, 0) is 25.5 Å². The predicted molar refractivity (Wildman–Crippen MR) is 86.0 cm³/mol. The summed E-state index contributed by atoms with van der Waals surface area (Å²) in [5.41, 5.74) is 2.46. The normalized spacial score (nSPS) is 15.8. The highest BCUT2D eigenvalue weighted by atomic mass is 16.5. The molecule has 1 aliphatic heterocycles. The molecule has 1 aliphatic rings. The molecule has 1 saturated heterocycles. The van der Waals surface area contributed by atoms with E-state index in [1.807, 2.05) is 36.2 Å². The monoisotopic (exact) mass is 314 g/mol. The highest BCUT2D eigenvalue weighted by Gasteiger charge is 2.27. The minimum atomic E-state index is 0.0399. The number of aryl methyl sites for hydroxylation is 2. The number of carbonyl (C=O) groups excluding carboxylic acids is 1. The Labute approximate surface area is 136 Å². The Morgan fingerprint density at radius 1 is 1.26 bits per heavy atom. The molecule has 0 aliphatic carbocycles. The fourth-order valence-electron chi connectivity index (χ4n) is 2.92. The Morgan fingerprint density at radius 3 is 2.70 bits per heavy atom. The number of nitrogens with zero attached hydrogens (tertiary/aromatic N) is 4. The molecule has 0 unspecified atom stereocenters. The highest BCUT2D eigenvalue weighted by molar-refractivity contribution is 5.96. The van der Waals surface area contributed by atoms with Crippen molar-refractivity contribution >= 4 is 5.91 Å². The van der Waals surface area contributed by atoms with Gasteiger partial charge in [0.25, 0.3) is 5.91 Å². The third kappa shape index (κ3) is 3.42. The van der Waals surface area contributed by atoms with Crippen molar-refractivity contribution in [2.24, 2.45) is 0 Å². The van der Waals surface area contributed by atoms with E-state index < -0.39 is 0 Å². The second kappa shape index (κ2) is 6.91. The van der Waals surface area contributed by atoms with Crippen LogP contribution in [0.5, 0.6) is 0 Å². The van der Waals surface area contributed by atoms with Crippen LogP contribution in [0, 0.1) is 6.92 Å². The molecule has 0 bridgehead atoms. The van der Waals surface area contributed by atoms with E-state index >= 15 is 0 Å². The molecule has 0 atom stereocenters. The average molecular weight is 314 g/mol. The molecule has 6 heteroatoms. The highest BCUT2D eigenvalue weighted by Crippen LogP contribution is 2.18. The second-order valence-electron chi connectivity index (χ2n) is 5.80. The standard InChI is InChI=1S/C17H22N4O2/c1-3-15-16(13(2)23-19-15)17(22)21-10-8-20(9-11-21)12-14-6-4-5-7-18-14/h4-7H,3,8-12H2,1-2H3. The minimum absolute atomic E-state index is 0.0399. The number of hydrogen-bond acceptors (Lipinski definition) is 5. The van der Waals surface area contributed by atoms with Gasteiger partial charge < -0.3 is 9.42 Å². The second-order valence-corrected chi connectivity index (χ2v) is 5.80. The third-order valence-electron chi connectivity index (χ3n) is 4.25. The van der Waals surface area contributed by atoms with Crippen molar-refractivity contribution in [3.63, 3.8) is 0 Å². The molecule has 0 N–H and O–H groups in total. The maximum absolute atomic E-state index is 12.7. The van der Waals surface area contributed by atoms with E-state index in [-0.39, 0.29) is 5.91 Å². The van der Waals surface area contributed by atoms with Crippen molar-refractivity contribution in [1.82, 2.24) is 19.9 Å². The van der Waals surface area contributed by atoms with Crippen molar-refractivity contribution in [2.75, 3.05) is 26.2 Å². The molecule has 1 amide bonds. The number of aromatic nitrogens is 2. The fraction of sp³-hybridized carbons (Fsp3) is 0.471. The molecule has 23 heavy (non-hydrogen) atoms. The zero-order valence-corrected chi connectivity index (χ0v) is 13.7. The lowest BCUT2D eigenvalue weighted by Crippen LogP contribution is -2.48. The number of rotatable bonds is 4. The van der Waals surface area contributed by atoms with Gasteiger partial charge in [0, 0.05) is 38.9 Å². The summed E-state index contributed by atoms with van der Waals surface area (Å²) in [4.78, 5) is 21.3. The number of amides is 1. The molecule has 0 spiro atoms. The quantitative estimate of drug-likeness (QED) is 0.862. The Hall–Kier alpha value is -2.21. The average Bonchev–Trinajstić information content (AvgIpc) is 2.96. The van der Waals surface area contributed by atoms with Crippen molar-refractivity contribution in [3.8, 4) is 0 Å². The van der Waals surface area contributed by atoms with Gasteiger partial charge in [0.1, 0.15) is 11.3 Å². The first-order valence-electron chi connectivity index (χ1n) is 8.05. The van der Waals surface area contributed by atoms with E-state index in [0.717, 1.165) is 44.1 Å². The van der Waals surface area contributed by atoms with Gasteiger partial charge in [-0.3, -0.25) is 14.7 Å². The van der Waals surface area contributed by atoms with Crippen LogP contribution in [0.2, 0.25) is 0 Å². The number of pyridine rings is 1. The first-order chi connectivity index (χ1) is 11.2. The van der Waals surface area contributed by atoms with Crippen LogP contribution in [0.4, 0.5) is 0 Å². The van der Waals surface area contributed by atoms with Crippen LogP contribution in [0.15, 0.2) is 28.9 Å². The summed E-state index contributed by atoms with van der Waals surface area (Å²) in [6.07, 6.45) is 2.52. The number of hydrogen-bond donors (Lipinski definition) is 0. The van der Waals surface area contributed by atoms with Crippen LogP contribution < -0.4 is 0 Å². The smallest absolute Gasteiger partial charge is 0.259 e. The molecular weight excluding hydrogens is 292 g/mol. The molecule has 2 aromatic rings. The lowest BCUT2D eigenvalue weighted by Gasteiger charge is -2.34. The maximum Gasteiger partial charge on any atom is 0.259 e. The molecule has 1 fully saturated rings. The Bertz CT molecular complexity index is 660. The summed E-state index contributed by atoms with van der Waals surface area (Å²) in [5, 5.41) is 3.98. The first-order valence-corrected chi connectivity index (χ1v) is 8.05. The maximum atomic E-state index is 12.7. The zero-order valence-electron chi connectivity index (χ0n) is 13.7. The van der Waals surface area contributed by atoms with Gasteiger partial charge >= 0.3 is 0 Å². The first kappa shape index (κ1) is 15.7. The molecule has 2 aromatic heterocycles. The summed E-state index contributed by atoms with van der Waals surface area (Å²) < 4.78 is 5.18. The fourth-order valence-corrected chi connectivity index (χ4v) is 2.92. The van der Waals surface area contributed by atoms with Gasteiger partial charge in [0.2, 0.25) is 0 Å². The zero-order chi connectivity index (χ0) is 16.2. The Balaban J connectivity index is 1.60. The van der Waals surface area contributed by atoms with E-state index in [0.29, 0.717) is 17.7 Å². The van der Waals surface area contributed by atoms with Crippen LogP contribution in [-0.4, -0.2) is 52.0 Å². The molecule has 3 heterocycles. The van der Waals surface area contributed by atoms with Gasteiger partial charge in [0.15, 0.2) is 0 Å². The predicted octanol–water partition coefficient (Wildman–Crippen LogP) is 1.90. The van der Waals surface area contributed by atoms with Crippen LogP contribution >= 0.6 is 0 Å². The summed E-state index contributed by atoms with van der Waals surface area (Å²) in [5.74, 6) is 0.654.